The van der Waals surface area contributed by atoms with Crippen molar-refractivity contribution in [3.63, 3.8) is 0 Å². The number of pyridine rings is 1. The Morgan fingerprint density at radius 1 is 1.10 bits per heavy atom. The Hall–Kier alpha value is -2.65. The van der Waals surface area contributed by atoms with Crippen LogP contribution < -0.4 is 0 Å². The number of nitrogens with zero attached hydrogens (tertiary/aromatic N) is 6. The third-order valence-electron chi connectivity index (χ3n) is 4.63. The molecule has 0 bridgehead atoms. The average molecular weight is 423 g/mol. The standard InChI is InChI=1S/C20H18N6OS2/c1-12-6-13(2)8-15(7-12)18-23-25-20(27-18)29-11-16-10-28-19-24-22-17(26(16)19)14-4-3-5-21-9-14/h3-9,16H,10-11H2,1-2H3. The largest absolute Gasteiger partial charge is 0.411 e. The quantitative estimate of drug-likeness (QED) is 0.436. The van der Waals surface area contributed by atoms with Gasteiger partial charge in [0.2, 0.25) is 5.89 Å². The average Bonchev–Trinajstić information content (AvgIpc) is 3.43. The summed E-state index contributed by atoms with van der Waals surface area (Å²) in [5, 5.41) is 18.7. The number of hydrogen-bond donors (Lipinski definition) is 0. The van der Waals surface area contributed by atoms with E-state index in [9.17, 15) is 0 Å². The molecule has 0 aliphatic carbocycles. The first kappa shape index (κ1) is 18.4. The molecule has 5 rings (SSSR count). The van der Waals surface area contributed by atoms with Crippen LogP contribution in [-0.4, -0.2) is 41.5 Å². The Balaban J connectivity index is 1.33. The van der Waals surface area contributed by atoms with Crippen molar-refractivity contribution in [3.8, 4) is 22.8 Å². The summed E-state index contributed by atoms with van der Waals surface area (Å²) in [6.45, 7) is 4.13. The lowest BCUT2D eigenvalue weighted by molar-refractivity contribution is 0.464. The highest BCUT2D eigenvalue weighted by Gasteiger charge is 2.29. The minimum absolute atomic E-state index is 0.252. The summed E-state index contributed by atoms with van der Waals surface area (Å²) in [6, 6.07) is 10.4. The van der Waals surface area contributed by atoms with Gasteiger partial charge in [-0.05, 0) is 38.1 Å². The van der Waals surface area contributed by atoms with Crippen molar-refractivity contribution < 1.29 is 4.42 Å². The number of aryl methyl sites for hydroxylation is 2. The second kappa shape index (κ2) is 7.64. The molecule has 146 valence electrons. The van der Waals surface area contributed by atoms with Crippen LogP contribution in [0.15, 0.2) is 57.5 Å². The molecular formula is C20H18N6OS2. The molecule has 0 spiro atoms. The summed E-state index contributed by atoms with van der Waals surface area (Å²) >= 11 is 3.29. The number of aromatic nitrogens is 6. The molecule has 0 amide bonds. The fraction of sp³-hybridized carbons (Fsp3) is 0.250. The molecule has 1 aromatic carbocycles. The fourth-order valence-electron chi connectivity index (χ4n) is 3.41. The molecule has 0 saturated heterocycles. The van der Waals surface area contributed by atoms with Crippen LogP contribution in [0.2, 0.25) is 0 Å². The minimum Gasteiger partial charge on any atom is -0.411 e. The molecule has 0 radical (unpaired) electrons. The topological polar surface area (TPSA) is 82.5 Å². The summed E-state index contributed by atoms with van der Waals surface area (Å²) < 4.78 is 8.10. The van der Waals surface area contributed by atoms with E-state index in [1.54, 1.807) is 29.7 Å². The highest BCUT2D eigenvalue weighted by atomic mass is 32.2. The number of fused-ring (bicyclic) bond motifs is 1. The second-order valence-corrected chi connectivity index (χ2v) is 8.90. The molecule has 1 atom stereocenters. The lowest BCUT2D eigenvalue weighted by Crippen LogP contribution is -2.11. The monoisotopic (exact) mass is 422 g/mol. The van der Waals surface area contributed by atoms with Gasteiger partial charge in [0.15, 0.2) is 11.0 Å². The summed E-state index contributed by atoms with van der Waals surface area (Å²) in [5.74, 6) is 3.16. The van der Waals surface area contributed by atoms with Crippen LogP contribution in [0.4, 0.5) is 0 Å². The zero-order chi connectivity index (χ0) is 19.8. The second-order valence-electron chi connectivity index (χ2n) is 6.94. The van der Waals surface area contributed by atoms with Crippen LogP contribution >= 0.6 is 23.5 Å². The van der Waals surface area contributed by atoms with Gasteiger partial charge in [-0.25, -0.2) is 0 Å². The van der Waals surface area contributed by atoms with E-state index < -0.39 is 0 Å². The molecule has 0 N–H and O–H groups in total. The first-order chi connectivity index (χ1) is 14.2. The lowest BCUT2D eigenvalue weighted by atomic mass is 10.1. The third-order valence-corrected chi connectivity index (χ3v) is 6.68. The van der Waals surface area contributed by atoms with Gasteiger partial charge in [0.1, 0.15) is 0 Å². The predicted molar refractivity (Wildman–Crippen MR) is 113 cm³/mol. The number of rotatable bonds is 5. The Kier molecular flexibility index (Phi) is 4.84. The molecule has 1 aliphatic heterocycles. The molecule has 9 heteroatoms. The Bertz CT molecular complexity index is 1140. The van der Waals surface area contributed by atoms with E-state index in [4.69, 9.17) is 4.42 Å². The third kappa shape index (κ3) is 3.67. The number of benzene rings is 1. The number of hydrogen-bond acceptors (Lipinski definition) is 8. The van der Waals surface area contributed by atoms with Crippen LogP contribution in [-0.2, 0) is 0 Å². The van der Waals surface area contributed by atoms with Crippen molar-refractivity contribution in [3.05, 3.63) is 53.9 Å². The molecule has 0 saturated carbocycles. The molecular weight excluding hydrogens is 404 g/mol. The SMILES string of the molecule is Cc1cc(C)cc(-c2nnc(SCC3CSc4nnc(-c5cccnc5)n43)o2)c1. The molecule has 0 fully saturated rings. The van der Waals surface area contributed by atoms with E-state index in [2.05, 4.69) is 62.0 Å². The van der Waals surface area contributed by atoms with Gasteiger partial charge in [-0.2, -0.15) is 0 Å². The predicted octanol–water partition coefficient (Wildman–Crippen LogP) is 4.45. The summed E-state index contributed by atoms with van der Waals surface area (Å²) in [6.07, 6.45) is 3.58. The highest BCUT2D eigenvalue weighted by Crippen LogP contribution is 2.38. The molecule has 29 heavy (non-hydrogen) atoms. The van der Waals surface area contributed by atoms with Crippen molar-refractivity contribution >= 4 is 23.5 Å². The van der Waals surface area contributed by atoms with Crippen molar-refractivity contribution in [2.45, 2.75) is 30.3 Å². The maximum Gasteiger partial charge on any atom is 0.276 e. The van der Waals surface area contributed by atoms with Crippen LogP contribution in [0.5, 0.6) is 0 Å². The van der Waals surface area contributed by atoms with Crippen LogP contribution in [0.25, 0.3) is 22.8 Å². The van der Waals surface area contributed by atoms with Crippen molar-refractivity contribution in [2.24, 2.45) is 0 Å². The highest BCUT2D eigenvalue weighted by molar-refractivity contribution is 8.00. The normalized spacial score (nSPS) is 15.6. The Morgan fingerprint density at radius 2 is 1.97 bits per heavy atom. The van der Waals surface area contributed by atoms with Gasteiger partial charge in [-0.3, -0.25) is 9.55 Å². The summed E-state index contributed by atoms with van der Waals surface area (Å²) in [5.41, 5.74) is 4.29. The van der Waals surface area contributed by atoms with Gasteiger partial charge in [-0.1, -0.05) is 40.7 Å². The maximum atomic E-state index is 5.91. The molecule has 4 heterocycles. The first-order valence-electron chi connectivity index (χ1n) is 9.20. The van der Waals surface area contributed by atoms with Crippen molar-refractivity contribution in [1.82, 2.24) is 29.9 Å². The minimum atomic E-state index is 0.252. The zero-order valence-corrected chi connectivity index (χ0v) is 17.6. The Morgan fingerprint density at radius 3 is 2.76 bits per heavy atom. The van der Waals surface area contributed by atoms with Crippen LogP contribution in [0.1, 0.15) is 17.2 Å². The van der Waals surface area contributed by atoms with E-state index in [0.717, 1.165) is 33.6 Å². The smallest absolute Gasteiger partial charge is 0.276 e. The fourth-order valence-corrected chi connectivity index (χ4v) is 5.48. The van der Waals surface area contributed by atoms with E-state index in [0.29, 0.717) is 11.1 Å². The Labute approximate surface area is 176 Å². The first-order valence-corrected chi connectivity index (χ1v) is 11.2. The molecule has 7 nitrogen and oxygen atoms in total. The van der Waals surface area contributed by atoms with Gasteiger partial charge >= 0.3 is 0 Å². The maximum absolute atomic E-state index is 5.91. The molecule has 4 aromatic rings. The van der Waals surface area contributed by atoms with Crippen molar-refractivity contribution in [1.29, 1.82) is 0 Å². The van der Waals surface area contributed by atoms with E-state index in [-0.39, 0.29) is 6.04 Å². The van der Waals surface area contributed by atoms with E-state index in [1.165, 1.54) is 11.1 Å². The van der Waals surface area contributed by atoms with Crippen LogP contribution in [0, 0.1) is 13.8 Å². The number of thioether (sulfide) groups is 2. The van der Waals surface area contributed by atoms with Gasteiger partial charge in [0.25, 0.3) is 5.22 Å². The molecule has 3 aromatic heterocycles. The van der Waals surface area contributed by atoms with Crippen molar-refractivity contribution in [2.75, 3.05) is 11.5 Å². The summed E-state index contributed by atoms with van der Waals surface area (Å²) in [7, 11) is 0. The van der Waals surface area contributed by atoms with Gasteiger partial charge in [-0.15, -0.1) is 20.4 Å². The molecule has 1 aliphatic rings. The van der Waals surface area contributed by atoms with Gasteiger partial charge < -0.3 is 4.42 Å². The van der Waals surface area contributed by atoms with Crippen LogP contribution in [0.3, 0.4) is 0 Å². The summed E-state index contributed by atoms with van der Waals surface area (Å²) in [4.78, 5) is 4.20. The lowest BCUT2D eigenvalue weighted by Gasteiger charge is -2.12. The van der Waals surface area contributed by atoms with Gasteiger partial charge in [0, 0.05) is 35.0 Å². The van der Waals surface area contributed by atoms with E-state index in [1.807, 2.05) is 18.3 Å². The zero-order valence-electron chi connectivity index (χ0n) is 15.9. The van der Waals surface area contributed by atoms with Gasteiger partial charge in [0.05, 0.1) is 6.04 Å². The van der Waals surface area contributed by atoms with E-state index >= 15 is 0 Å². The molecule has 1 unspecified atom stereocenters.